The molecular formula is C16H18N4O5S. The van der Waals surface area contributed by atoms with Gasteiger partial charge in [-0.2, -0.15) is 5.10 Å². The zero-order chi connectivity index (χ0) is 18.9. The molecule has 1 N–H and O–H groups in total. The summed E-state index contributed by atoms with van der Waals surface area (Å²) in [6, 6.07) is 6.07. The highest BCUT2D eigenvalue weighted by molar-refractivity contribution is 7.92. The Balaban J connectivity index is 2.05. The van der Waals surface area contributed by atoms with E-state index in [0.29, 0.717) is 18.0 Å². The van der Waals surface area contributed by atoms with Crippen LogP contribution in [0.5, 0.6) is 11.5 Å². The van der Waals surface area contributed by atoms with Gasteiger partial charge in [-0.15, -0.1) is 0 Å². The van der Waals surface area contributed by atoms with Crippen molar-refractivity contribution in [1.29, 1.82) is 0 Å². The Bertz CT molecular complexity index is 1120. The van der Waals surface area contributed by atoms with Crippen LogP contribution in [0.4, 0.5) is 5.69 Å². The molecule has 0 saturated carbocycles. The molecule has 0 aliphatic rings. The third kappa shape index (κ3) is 3.10. The van der Waals surface area contributed by atoms with Gasteiger partial charge in [0.1, 0.15) is 28.2 Å². The lowest BCUT2D eigenvalue weighted by Gasteiger charge is -2.12. The molecule has 0 fully saturated rings. The molecular weight excluding hydrogens is 360 g/mol. The molecule has 0 bridgehead atoms. The zero-order valence-corrected chi connectivity index (χ0v) is 15.3. The lowest BCUT2D eigenvalue weighted by atomic mass is 10.3. The normalized spacial score (nSPS) is 11.5. The van der Waals surface area contributed by atoms with Gasteiger partial charge < -0.3 is 9.47 Å². The molecule has 3 aromatic rings. The van der Waals surface area contributed by atoms with Gasteiger partial charge in [0.25, 0.3) is 15.6 Å². The minimum absolute atomic E-state index is 0.0601. The van der Waals surface area contributed by atoms with E-state index in [1.54, 1.807) is 19.1 Å². The van der Waals surface area contributed by atoms with E-state index in [-0.39, 0.29) is 21.7 Å². The van der Waals surface area contributed by atoms with Crippen LogP contribution in [0.3, 0.4) is 0 Å². The summed E-state index contributed by atoms with van der Waals surface area (Å²) in [5.74, 6) is 0.814. The van der Waals surface area contributed by atoms with Gasteiger partial charge in [0, 0.05) is 18.8 Å². The number of ether oxygens (including phenoxy) is 2. The highest BCUT2D eigenvalue weighted by atomic mass is 32.2. The van der Waals surface area contributed by atoms with Crippen LogP contribution >= 0.6 is 0 Å². The zero-order valence-electron chi connectivity index (χ0n) is 14.5. The fourth-order valence-electron chi connectivity index (χ4n) is 2.49. The van der Waals surface area contributed by atoms with Crippen LogP contribution in [0, 0.1) is 0 Å². The van der Waals surface area contributed by atoms with Crippen LogP contribution in [-0.4, -0.2) is 36.8 Å². The number of anilines is 1. The summed E-state index contributed by atoms with van der Waals surface area (Å²) in [4.78, 5) is 12.2. The predicted octanol–water partition coefficient (Wildman–Crippen LogP) is 1.33. The number of nitrogens with zero attached hydrogens (tertiary/aromatic N) is 3. The van der Waals surface area contributed by atoms with Gasteiger partial charge in [-0.25, -0.2) is 13.1 Å². The van der Waals surface area contributed by atoms with E-state index in [9.17, 15) is 13.2 Å². The minimum atomic E-state index is -3.95. The van der Waals surface area contributed by atoms with E-state index in [1.807, 2.05) is 0 Å². The first-order valence-electron chi connectivity index (χ1n) is 7.72. The molecule has 0 atom stereocenters. The van der Waals surface area contributed by atoms with Crippen LogP contribution in [0.25, 0.3) is 5.52 Å². The minimum Gasteiger partial charge on any atom is -0.497 e. The Morgan fingerprint density at radius 2 is 1.96 bits per heavy atom. The summed E-state index contributed by atoms with van der Waals surface area (Å²) in [5, 5.41) is 3.97. The average molecular weight is 378 g/mol. The monoisotopic (exact) mass is 378 g/mol. The lowest BCUT2D eigenvalue weighted by Crippen LogP contribution is -2.23. The number of nitrogens with one attached hydrogen (secondary N) is 1. The Morgan fingerprint density at radius 1 is 1.19 bits per heavy atom. The van der Waals surface area contributed by atoms with E-state index in [4.69, 9.17) is 9.47 Å². The fourth-order valence-corrected chi connectivity index (χ4v) is 3.58. The number of benzene rings is 1. The van der Waals surface area contributed by atoms with Crippen molar-refractivity contribution in [3.8, 4) is 11.5 Å². The van der Waals surface area contributed by atoms with Crippen LogP contribution in [0.15, 0.2) is 46.5 Å². The molecule has 1 aromatic carbocycles. The van der Waals surface area contributed by atoms with Crippen molar-refractivity contribution in [3.05, 3.63) is 47.1 Å². The van der Waals surface area contributed by atoms with Crippen molar-refractivity contribution in [2.45, 2.75) is 18.4 Å². The Hall–Kier alpha value is -3.01. The number of hydrogen-bond donors (Lipinski definition) is 1. The number of aryl methyl sites for hydroxylation is 1. The number of hydrogen-bond acceptors (Lipinski definition) is 6. The van der Waals surface area contributed by atoms with E-state index in [1.165, 1.54) is 48.0 Å². The lowest BCUT2D eigenvalue weighted by molar-refractivity contribution is 0.405. The molecule has 0 aliphatic heterocycles. The molecule has 0 spiro atoms. The molecule has 2 aromatic heterocycles. The average Bonchev–Trinajstić information content (AvgIpc) is 3.08. The van der Waals surface area contributed by atoms with Crippen molar-refractivity contribution in [2.75, 3.05) is 18.9 Å². The molecule has 2 heterocycles. The van der Waals surface area contributed by atoms with Crippen molar-refractivity contribution in [2.24, 2.45) is 0 Å². The van der Waals surface area contributed by atoms with Crippen LogP contribution < -0.4 is 19.8 Å². The van der Waals surface area contributed by atoms with E-state index >= 15 is 0 Å². The van der Waals surface area contributed by atoms with E-state index in [0.717, 1.165) is 0 Å². The van der Waals surface area contributed by atoms with E-state index < -0.39 is 10.0 Å². The maximum absolute atomic E-state index is 12.8. The Labute approximate surface area is 149 Å². The molecule has 9 nitrogen and oxygen atoms in total. The highest BCUT2D eigenvalue weighted by Crippen LogP contribution is 2.31. The number of sulfonamides is 1. The second-order valence-corrected chi connectivity index (χ2v) is 7.07. The van der Waals surface area contributed by atoms with Gasteiger partial charge in [-0.05, 0) is 25.1 Å². The Morgan fingerprint density at radius 3 is 2.62 bits per heavy atom. The van der Waals surface area contributed by atoms with Crippen molar-refractivity contribution in [1.82, 2.24) is 14.2 Å². The van der Waals surface area contributed by atoms with E-state index in [2.05, 4.69) is 9.82 Å². The maximum atomic E-state index is 12.8. The quantitative estimate of drug-likeness (QED) is 0.694. The Kier molecular flexibility index (Phi) is 4.60. The summed E-state index contributed by atoms with van der Waals surface area (Å²) < 4.78 is 40.9. The summed E-state index contributed by atoms with van der Waals surface area (Å²) in [6.45, 7) is 2.17. The fraction of sp³-hybridized carbons (Fsp3) is 0.250. The van der Waals surface area contributed by atoms with Gasteiger partial charge in [0.2, 0.25) is 0 Å². The second kappa shape index (κ2) is 6.71. The SMILES string of the molecule is CCn1ncn2cc(S(=O)(=O)Nc3cc(OC)ccc3OC)cc2c1=O. The number of fused-ring (bicyclic) bond motifs is 1. The molecule has 0 amide bonds. The highest BCUT2D eigenvalue weighted by Gasteiger charge is 2.20. The topological polar surface area (TPSA) is 104 Å². The summed E-state index contributed by atoms with van der Waals surface area (Å²) in [6.07, 6.45) is 2.73. The standard InChI is InChI=1S/C16H18N4O5S/c1-4-20-16(21)14-8-12(9-19(14)10-17-20)26(22,23)18-13-7-11(24-2)5-6-15(13)25-3/h5-10,18H,4H2,1-3H3. The number of rotatable bonds is 6. The summed E-state index contributed by atoms with van der Waals surface area (Å²) in [7, 11) is -1.04. The van der Waals surface area contributed by atoms with Crippen LogP contribution in [-0.2, 0) is 16.6 Å². The van der Waals surface area contributed by atoms with Gasteiger partial charge >= 0.3 is 0 Å². The van der Waals surface area contributed by atoms with Crippen LogP contribution in [0.2, 0.25) is 0 Å². The first kappa shape index (κ1) is 17.8. The molecule has 3 rings (SSSR count). The van der Waals surface area contributed by atoms with Crippen molar-refractivity contribution in [3.63, 3.8) is 0 Å². The number of methoxy groups -OCH3 is 2. The third-order valence-corrected chi connectivity index (χ3v) is 5.19. The molecule has 138 valence electrons. The van der Waals surface area contributed by atoms with Gasteiger partial charge in [0.15, 0.2) is 0 Å². The molecule has 0 aliphatic carbocycles. The van der Waals surface area contributed by atoms with Gasteiger partial charge in [-0.3, -0.25) is 13.9 Å². The predicted molar refractivity (Wildman–Crippen MR) is 95.5 cm³/mol. The molecule has 10 heteroatoms. The molecule has 0 saturated heterocycles. The van der Waals surface area contributed by atoms with Gasteiger partial charge in [0.05, 0.1) is 19.9 Å². The van der Waals surface area contributed by atoms with Crippen molar-refractivity contribution >= 4 is 21.2 Å². The van der Waals surface area contributed by atoms with Gasteiger partial charge in [-0.1, -0.05) is 0 Å². The third-order valence-electron chi connectivity index (χ3n) is 3.85. The summed E-state index contributed by atoms with van der Waals surface area (Å²) in [5.41, 5.74) is 0.0847. The van der Waals surface area contributed by atoms with Crippen molar-refractivity contribution < 1.29 is 17.9 Å². The first-order valence-corrected chi connectivity index (χ1v) is 9.20. The smallest absolute Gasteiger partial charge is 0.291 e. The second-order valence-electron chi connectivity index (χ2n) is 5.39. The number of aromatic nitrogens is 3. The molecule has 0 radical (unpaired) electrons. The molecule has 26 heavy (non-hydrogen) atoms. The largest absolute Gasteiger partial charge is 0.497 e. The summed E-state index contributed by atoms with van der Waals surface area (Å²) >= 11 is 0. The van der Waals surface area contributed by atoms with Crippen LogP contribution in [0.1, 0.15) is 6.92 Å². The maximum Gasteiger partial charge on any atom is 0.291 e. The molecule has 0 unspecified atom stereocenters. The first-order chi connectivity index (χ1) is 12.4.